The molecule has 0 unspecified atom stereocenters. The number of urea groups is 1. The number of carbonyl (C=O) groups excluding carboxylic acids is 1. The molecule has 1 aromatic carbocycles. The van der Waals surface area contributed by atoms with Crippen molar-refractivity contribution >= 4 is 6.03 Å². The first-order valence-corrected chi connectivity index (χ1v) is 7.55. The molecule has 0 spiro atoms. The van der Waals surface area contributed by atoms with Crippen molar-refractivity contribution in [3.8, 4) is 0 Å². The van der Waals surface area contributed by atoms with Crippen molar-refractivity contribution in [3.05, 3.63) is 48.6 Å². The van der Waals surface area contributed by atoms with Gasteiger partial charge >= 0.3 is 6.03 Å². The molecule has 1 aromatic rings. The van der Waals surface area contributed by atoms with Gasteiger partial charge in [0.25, 0.3) is 0 Å². The highest BCUT2D eigenvalue weighted by atomic mass is 16.5. The first kappa shape index (κ1) is 15.6. The second kappa shape index (κ2) is 8.47. The third-order valence-corrected chi connectivity index (χ3v) is 3.78. The molecule has 0 bridgehead atoms. The van der Waals surface area contributed by atoms with Crippen LogP contribution in [0.3, 0.4) is 0 Å². The van der Waals surface area contributed by atoms with Gasteiger partial charge in [0.2, 0.25) is 0 Å². The summed E-state index contributed by atoms with van der Waals surface area (Å²) in [6.07, 6.45) is 3.79. The zero-order valence-electron chi connectivity index (χ0n) is 12.5. The standard InChI is InChI=1S/C17H24N2O2/c1-2-12-21-14-16-8-10-19(11-9-16)17(20)18-13-15-6-4-3-5-7-15/h2-7,16H,1,8-14H2,(H,18,20). The summed E-state index contributed by atoms with van der Waals surface area (Å²) in [5.74, 6) is 0.558. The normalized spacial score (nSPS) is 15.7. The van der Waals surface area contributed by atoms with Gasteiger partial charge in [0, 0.05) is 26.2 Å². The van der Waals surface area contributed by atoms with Crippen LogP contribution >= 0.6 is 0 Å². The van der Waals surface area contributed by atoms with Crippen LogP contribution in [0.5, 0.6) is 0 Å². The monoisotopic (exact) mass is 288 g/mol. The van der Waals surface area contributed by atoms with Crippen molar-refractivity contribution in [2.45, 2.75) is 19.4 Å². The zero-order valence-corrected chi connectivity index (χ0v) is 12.5. The molecule has 0 radical (unpaired) electrons. The molecule has 1 aliphatic heterocycles. The Hall–Kier alpha value is -1.81. The lowest BCUT2D eigenvalue weighted by Gasteiger charge is -2.31. The molecule has 1 N–H and O–H groups in total. The molecular formula is C17H24N2O2. The highest BCUT2D eigenvalue weighted by Crippen LogP contribution is 2.17. The van der Waals surface area contributed by atoms with E-state index in [2.05, 4.69) is 11.9 Å². The molecule has 2 amide bonds. The average Bonchev–Trinajstić information content (AvgIpc) is 2.54. The first-order valence-electron chi connectivity index (χ1n) is 7.55. The Labute approximate surface area is 126 Å². The third kappa shape index (κ3) is 5.23. The van der Waals surface area contributed by atoms with E-state index in [1.54, 1.807) is 6.08 Å². The SMILES string of the molecule is C=CCOCC1CCN(C(=O)NCc2ccccc2)CC1. The molecular weight excluding hydrogens is 264 g/mol. The van der Waals surface area contributed by atoms with Gasteiger partial charge in [-0.3, -0.25) is 0 Å². The van der Waals surface area contributed by atoms with E-state index in [4.69, 9.17) is 4.74 Å². The molecule has 4 heteroatoms. The Morgan fingerprint density at radius 1 is 1.33 bits per heavy atom. The van der Waals surface area contributed by atoms with Crippen LogP contribution < -0.4 is 5.32 Å². The van der Waals surface area contributed by atoms with Crippen molar-refractivity contribution in [2.24, 2.45) is 5.92 Å². The lowest BCUT2D eigenvalue weighted by molar-refractivity contribution is 0.0886. The van der Waals surface area contributed by atoms with E-state index in [-0.39, 0.29) is 6.03 Å². The Kier molecular flexibility index (Phi) is 6.28. The number of amides is 2. The van der Waals surface area contributed by atoms with Crippen LogP contribution in [0.4, 0.5) is 4.79 Å². The number of nitrogens with zero attached hydrogens (tertiary/aromatic N) is 1. The molecule has 0 aromatic heterocycles. The van der Waals surface area contributed by atoms with Gasteiger partial charge in [-0.25, -0.2) is 4.79 Å². The molecule has 1 saturated heterocycles. The summed E-state index contributed by atoms with van der Waals surface area (Å²) >= 11 is 0. The van der Waals surface area contributed by atoms with Gasteiger partial charge in [0.15, 0.2) is 0 Å². The minimum atomic E-state index is 0.0318. The molecule has 114 valence electrons. The number of piperidine rings is 1. The van der Waals surface area contributed by atoms with E-state index in [9.17, 15) is 4.79 Å². The fourth-order valence-electron chi connectivity index (χ4n) is 2.51. The third-order valence-electron chi connectivity index (χ3n) is 3.78. The lowest BCUT2D eigenvalue weighted by atomic mass is 9.98. The molecule has 4 nitrogen and oxygen atoms in total. The maximum Gasteiger partial charge on any atom is 0.317 e. The molecule has 2 rings (SSSR count). The van der Waals surface area contributed by atoms with E-state index in [0.29, 0.717) is 19.1 Å². The predicted octanol–water partition coefficient (Wildman–Crippen LogP) is 2.81. The van der Waals surface area contributed by atoms with Crippen molar-refractivity contribution in [2.75, 3.05) is 26.3 Å². The van der Waals surface area contributed by atoms with Gasteiger partial charge in [-0.1, -0.05) is 36.4 Å². The summed E-state index contributed by atoms with van der Waals surface area (Å²) in [6.45, 7) is 7.22. The van der Waals surface area contributed by atoms with Crippen LogP contribution in [-0.2, 0) is 11.3 Å². The number of carbonyl (C=O) groups is 1. The van der Waals surface area contributed by atoms with Crippen LogP contribution in [0.2, 0.25) is 0 Å². The van der Waals surface area contributed by atoms with Crippen molar-refractivity contribution in [1.82, 2.24) is 10.2 Å². The summed E-state index contributed by atoms with van der Waals surface area (Å²) in [4.78, 5) is 14.0. The minimum Gasteiger partial charge on any atom is -0.377 e. The van der Waals surface area contributed by atoms with E-state index in [1.165, 1.54) is 0 Å². The van der Waals surface area contributed by atoms with Gasteiger partial charge in [0.1, 0.15) is 0 Å². The maximum atomic E-state index is 12.1. The number of nitrogens with one attached hydrogen (secondary N) is 1. The van der Waals surface area contributed by atoms with Crippen LogP contribution in [-0.4, -0.2) is 37.2 Å². The Bertz CT molecular complexity index is 439. The smallest absolute Gasteiger partial charge is 0.317 e. The van der Waals surface area contributed by atoms with Crippen molar-refractivity contribution in [3.63, 3.8) is 0 Å². The molecule has 0 saturated carbocycles. The second-order valence-corrected chi connectivity index (χ2v) is 5.40. The number of ether oxygens (including phenoxy) is 1. The Balaban J connectivity index is 1.67. The molecule has 21 heavy (non-hydrogen) atoms. The maximum absolute atomic E-state index is 12.1. The highest BCUT2D eigenvalue weighted by molar-refractivity contribution is 5.74. The van der Waals surface area contributed by atoms with E-state index >= 15 is 0 Å². The number of rotatable bonds is 6. The first-order chi connectivity index (χ1) is 10.3. The minimum absolute atomic E-state index is 0.0318. The highest BCUT2D eigenvalue weighted by Gasteiger charge is 2.22. The number of benzene rings is 1. The van der Waals surface area contributed by atoms with E-state index < -0.39 is 0 Å². The van der Waals surface area contributed by atoms with Crippen LogP contribution in [0.1, 0.15) is 18.4 Å². The topological polar surface area (TPSA) is 41.6 Å². The van der Waals surface area contributed by atoms with Crippen LogP contribution in [0, 0.1) is 5.92 Å². The van der Waals surface area contributed by atoms with Gasteiger partial charge in [-0.2, -0.15) is 0 Å². The quantitative estimate of drug-likeness (QED) is 0.646. The zero-order chi connectivity index (χ0) is 14.9. The number of likely N-dealkylation sites (tertiary alicyclic amines) is 1. The Morgan fingerprint density at radius 2 is 2.05 bits per heavy atom. The summed E-state index contributed by atoms with van der Waals surface area (Å²) in [5, 5.41) is 2.98. The summed E-state index contributed by atoms with van der Waals surface area (Å²) < 4.78 is 5.49. The van der Waals surface area contributed by atoms with Crippen molar-refractivity contribution < 1.29 is 9.53 Å². The lowest BCUT2D eigenvalue weighted by Crippen LogP contribution is -2.44. The van der Waals surface area contributed by atoms with E-state index in [1.807, 2.05) is 35.2 Å². The van der Waals surface area contributed by atoms with E-state index in [0.717, 1.165) is 38.1 Å². The van der Waals surface area contributed by atoms with Gasteiger partial charge in [-0.05, 0) is 24.3 Å². The van der Waals surface area contributed by atoms with Gasteiger partial charge in [-0.15, -0.1) is 6.58 Å². The number of hydrogen-bond donors (Lipinski definition) is 1. The molecule has 0 atom stereocenters. The van der Waals surface area contributed by atoms with Gasteiger partial charge in [0.05, 0.1) is 6.61 Å². The fourth-order valence-corrected chi connectivity index (χ4v) is 2.51. The molecule has 1 fully saturated rings. The molecule has 0 aliphatic carbocycles. The second-order valence-electron chi connectivity index (χ2n) is 5.40. The molecule has 1 aliphatic rings. The van der Waals surface area contributed by atoms with Crippen LogP contribution in [0.25, 0.3) is 0 Å². The van der Waals surface area contributed by atoms with Gasteiger partial charge < -0.3 is 15.0 Å². The average molecular weight is 288 g/mol. The molecule has 1 heterocycles. The summed E-state index contributed by atoms with van der Waals surface area (Å²) in [7, 11) is 0. The number of hydrogen-bond acceptors (Lipinski definition) is 2. The van der Waals surface area contributed by atoms with Crippen molar-refractivity contribution in [1.29, 1.82) is 0 Å². The predicted molar refractivity (Wildman–Crippen MR) is 84.0 cm³/mol. The fraction of sp³-hybridized carbons (Fsp3) is 0.471. The largest absolute Gasteiger partial charge is 0.377 e. The summed E-state index contributed by atoms with van der Waals surface area (Å²) in [5.41, 5.74) is 1.12. The Morgan fingerprint density at radius 3 is 2.71 bits per heavy atom. The van der Waals surface area contributed by atoms with Crippen LogP contribution in [0.15, 0.2) is 43.0 Å². The summed E-state index contributed by atoms with van der Waals surface area (Å²) in [6, 6.07) is 10.0.